The molecule has 0 atom stereocenters. The third-order valence-corrected chi connectivity index (χ3v) is 5.44. The highest BCUT2D eigenvalue weighted by Gasteiger charge is 2.18. The van der Waals surface area contributed by atoms with Crippen molar-refractivity contribution in [3.63, 3.8) is 0 Å². The molecule has 0 spiro atoms. The van der Waals surface area contributed by atoms with Gasteiger partial charge in [-0.2, -0.15) is 0 Å². The molecule has 1 fully saturated rings. The Balaban J connectivity index is 1.52. The van der Waals surface area contributed by atoms with Gasteiger partial charge in [0.25, 0.3) is 0 Å². The molecular formula is C20H24N6S. The zero-order valence-corrected chi connectivity index (χ0v) is 16.4. The van der Waals surface area contributed by atoms with Crippen molar-refractivity contribution in [3.8, 4) is 11.5 Å². The lowest BCUT2D eigenvalue weighted by molar-refractivity contribution is 0.282. The molecule has 0 amide bonds. The first-order chi connectivity index (χ1) is 13.3. The minimum atomic E-state index is 0.716. The standard InChI is InChI=1S/C20H24N6S/c1-2-16-12-19(24-20(23-16)18-6-3-4-7-21-18)26-9-5-8-25(10-11-26)13-17-14-27-15-22-17/h3-4,6-7,12,14-15H,2,5,8-11,13H2,1H3. The van der Waals surface area contributed by atoms with Gasteiger partial charge >= 0.3 is 0 Å². The van der Waals surface area contributed by atoms with Crippen molar-refractivity contribution in [3.05, 3.63) is 52.7 Å². The van der Waals surface area contributed by atoms with Gasteiger partial charge in [0.2, 0.25) is 0 Å². The van der Waals surface area contributed by atoms with Crippen LogP contribution < -0.4 is 4.90 Å². The SMILES string of the molecule is CCc1cc(N2CCCN(Cc3cscn3)CC2)nc(-c2ccccn2)n1. The summed E-state index contributed by atoms with van der Waals surface area (Å²) in [6, 6.07) is 7.99. The Kier molecular flexibility index (Phi) is 5.69. The molecule has 6 nitrogen and oxygen atoms in total. The van der Waals surface area contributed by atoms with Gasteiger partial charge < -0.3 is 4.90 Å². The molecule has 0 N–H and O–H groups in total. The molecular weight excluding hydrogens is 356 g/mol. The Morgan fingerprint density at radius 2 is 2.00 bits per heavy atom. The Morgan fingerprint density at radius 3 is 2.78 bits per heavy atom. The van der Waals surface area contributed by atoms with E-state index in [1.165, 1.54) is 5.69 Å². The highest BCUT2D eigenvalue weighted by atomic mass is 32.1. The van der Waals surface area contributed by atoms with Crippen LogP contribution in [-0.4, -0.2) is 51.0 Å². The minimum Gasteiger partial charge on any atom is -0.355 e. The summed E-state index contributed by atoms with van der Waals surface area (Å²) >= 11 is 1.66. The predicted octanol–water partition coefficient (Wildman–Crippen LogP) is 3.27. The largest absolute Gasteiger partial charge is 0.355 e. The van der Waals surface area contributed by atoms with Crippen molar-refractivity contribution in [2.24, 2.45) is 0 Å². The van der Waals surface area contributed by atoms with Crippen LogP contribution in [0.3, 0.4) is 0 Å². The van der Waals surface area contributed by atoms with Gasteiger partial charge in [-0.25, -0.2) is 15.0 Å². The summed E-state index contributed by atoms with van der Waals surface area (Å²) in [7, 11) is 0. The first kappa shape index (κ1) is 18.0. The van der Waals surface area contributed by atoms with Crippen molar-refractivity contribution in [2.45, 2.75) is 26.3 Å². The van der Waals surface area contributed by atoms with Gasteiger partial charge in [-0.05, 0) is 25.0 Å². The Labute approximate surface area is 163 Å². The van der Waals surface area contributed by atoms with Crippen LogP contribution in [0.5, 0.6) is 0 Å². The number of pyridine rings is 1. The van der Waals surface area contributed by atoms with E-state index in [1.54, 1.807) is 17.5 Å². The van der Waals surface area contributed by atoms with Gasteiger partial charge in [-0.1, -0.05) is 13.0 Å². The molecule has 0 bridgehead atoms. The zero-order chi connectivity index (χ0) is 18.5. The van der Waals surface area contributed by atoms with Gasteiger partial charge in [-0.15, -0.1) is 11.3 Å². The summed E-state index contributed by atoms with van der Waals surface area (Å²) < 4.78 is 0. The van der Waals surface area contributed by atoms with E-state index in [0.717, 1.165) is 62.8 Å². The van der Waals surface area contributed by atoms with Crippen LogP contribution in [0.2, 0.25) is 0 Å². The highest BCUT2D eigenvalue weighted by molar-refractivity contribution is 7.07. The quantitative estimate of drug-likeness (QED) is 0.677. The number of thiazole rings is 1. The van der Waals surface area contributed by atoms with E-state index in [4.69, 9.17) is 4.98 Å². The maximum Gasteiger partial charge on any atom is 0.180 e. The average Bonchev–Trinajstić information content (AvgIpc) is 3.12. The summed E-state index contributed by atoms with van der Waals surface area (Å²) in [5, 5.41) is 2.14. The van der Waals surface area contributed by atoms with Crippen molar-refractivity contribution in [1.82, 2.24) is 24.8 Å². The highest BCUT2D eigenvalue weighted by Crippen LogP contribution is 2.21. The molecule has 27 heavy (non-hydrogen) atoms. The summed E-state index contributed by atoms with van der Waals surface area (Å²) in [6.45, 7) is 7.14. The molecule has 0 radical (unpaired) electrons. The van der Waals surface area contributed by atoms with E-state index < -0.39 is 0 Å². The maximum absolute atomic E-state index is 4.84. The van der Waals surface area contributed by atoms with Gasteiger partial charge in [0.05, 0.1) is 11.2 Å². The number of aromatic nitrogens is 4. The molecule has 3 aromatic rings. The summed E-state index contributed by atoms with van der Waals surface area (Å²) in [5.74, 6) is 1.73. The summed E-state index contributed by atoms with van der Waals surface area (Å²) in [5.41, 5.74) is 4.96. The monoisotopic (exact) mass is 380 g/mol. The molecule has 7 heteroatoms. The normalized spacial score (nSPS) is 15.7. The lowest BCUT2D eigenvalue weighted by atomic mass is 10.2. The third-order valence-electron chi connectivity index (χ3n) is 4.80. The van der Waals surface area contributed by atoms with E-state index in [1.807, 2.05) is 23.7 Å². The second kappa shape index (κ2) is 8.54. The van der Waals surface area contributed by atoms with Crippen LogP contribution in [-0.2, 0) is 13.0 Å². The van der Waals surface area contributed by atoms with E-state index in [0.29, 0.717) is 5.82 Å². The predicted molar refractivity (Wildman–Crippen MR) is 109 cm³/mol. The molecule has 4 heterocycles. The molecule has 1 aliphatic rings. The van der Waals surface area contributed by atoms with E-state index in [-0.39, 0.29) is 0 Å². The second-order valence-electron chi connectivity index (χ2n) is 6.71. The molecule has 1 aliphatic heterocycles. The summed E-state index contributed by atoms with van der Waals surface area (Å²) in [6.07, 6.45) is 3.80. The molecule has 0 aliphatic carbocycles. The number of hydrogen-bond acceptors (Lipinski definition) is 7. The lowest BCUT2D eigenvalue weighted by Crippen LogP contribution is -2.31. The zero-order valence-electron chi connectivity index (χ0n) is 15.6. The number of nitrogens with zero attached hydrogens (tertiary/aromatic N) is 6. The van der Waals surface area contributed by atoms with Gasteiger partial charge in [0.15, 0.2) is 5.82 Å². The van der Waals surface area contributed by atoms with E-state index in [2.05, 4.69) is 43.1 Å². The van der Waals surface area contributed by atoms with Crippen LogP contribution in [0.25, 0.3) is 11.5 Å². The average molecular weight is 381 g/mol. The molecule has 0 saturated carbocycles. The van der Waals surface area contributed by atoms with Crippen LogP contribution in [0.4, 0.5) is 5.82 Å². The van der Waals surface area contributed by atoms with Gasteiger partial charge in [0.1, 0.15) is 11.5 Å². The Morgan fingerprint density at radius 1 is 1.04 bits per heavy atom. The fraction of sp³-hybridized carbons (Fsp3) is 0.400. The topological polar surface area (TPSA) is 58.0 Å². The van der Waals surface area contributed by atoms with Crippen molar-refractivity contribution in [1.29, 1.82) is 0 Å². The molecule has 140 valence electrons. The van der Waals surface area contributed by atoms with E-state index in [9.17, 15) is 0 Å². The first-order valence-corrected chi connectivity index (χ1v) is 10.4. The molecule has 4 rings (SSSR count). The molecule has 0 unspecified atom stereocenters. The van der Waals surface area contributed by atoms with Crippen LogP contribution in [0, 0.1) is 0 Å². The molecule has 0 aromatic carbocycles. The van der Waals surface area contributed by atoms with Crippen LogP contribution in [0.1, 0.15) is 24.7 Å². The first-order valence-electron chi connectivity index (χ1n) is 9.45. The molecule has 1 saturated heterocycles. The smallest absolute Gasteiger partial charge is 0.180 e. The Bertz CT molecular complexity index is 852. The van der Waals surface area contributed by atoms with E-state index >= 15 is 0 Å². The number of aryl methyl sites for hydroxylation is 1. The second-order valence-corrected chi connectivity index (χ2v) is 7.42. The van der Waals surface area contributed by atoms with Crippen molar-refractivity contribution >= 4 is 17.2 Å². The van der Waals surface area contributed by atoms with Crippen molar-refractivity contribution in [2.75, 3.05) is 31.1 Å². The van der Waals surface area contributed by atoms with Gasteiger partial charge in [0, 0.05) is 56.1 Å². The lowest BCUT2D eigenvalue weighted by Gasteiger charge is -2.23. The molecule has 3 aromatic heterocycles. The number of anilines is 1. The Hall–Kier alpha value is -2.38. The third kappa shape index (κ3) is 4.48. The van der Waals surface area contributed by atoms with Crippen LogP contribution in [0.15, 0.2) is 41.4 Å². The number of hydrogen-bond donors (Lipinski definition) is 0. The number of rotatable bonds is 5. The fourth-order valence-electron chi connectivity index (χ4n) is 3.34. The maximum atomic E-state index is 4.84. The van der Waals surface area contributed by atoms with Gasteiger partial charge in [-0.3, -0.25) is 9.88 Å². The van der Waals surface area contributed by atoms with Crippen molar-refractivity contribution < 1.29 is 0 Å². The minimum absolute atomic E-state index is 0.716. The van der Waals surface area contributed by atoms with Crippen LogP contribution >= 0.6 is 11.3 Å². The fourth-order valence-corrected chi connectivity index (χ4v) is 3.89. The summed E-state index contributed by atoms with van der Waals surface area (Å²) in [4.78, 5) is 23.2.